The predicted molar refractivity (Wildman–Crippen MR) is 68.2 cm³/mol. The van der Waals surface area contributed by atoms with Gasteiger partial charge in [0, 0.05) is 24.0 Å². The fourth-order valence-electron chi connectivity index (χ4n) is 1.48. The van der Waals surface area contributed by atoms with Crippen LogP contribution in [-0.2, 0) is 0 Å². The molecule has 1 aromatic heterocycles. The Hall–Kier alpha value is -2.83. The molecule has 0 fully saturated rings. The first-order valence-corrected chi connectivity index (χ1v) is 5.35. The van der Waals surface area contributed by atoms with Crippen LogP contribution in [0.25, 0.3) is 0 Å². The van der Waals surface area contributed by atoms with Gasteiger partial charge in [0.25, 0.3) is 5.88 Å². The van der Waals surface area contributed by atoms with Crippen LogP contribution in [-0.4, -0.2) is 15.0 Å². The number of rotatable bonds is 3. The van der Waals surface area contributed by atoms with E-state index in [1.54, 1.807) is 6.92 Å². The fourth-order valence-corrected chi connectivity index (χ4v) is 1.48. The van der Waals surface area contributed by atoms with Gasteiger partial charge in [-0.25, -0.2) is 4.98 Å². The second-order valence-electron chi connectivity index (χ2n) is 3.92. The molecule has 3 N–H and O–H groups in total. The van der Waals surface area contributed by atoms with Crippen LogP contribution in [0.3, 0.4) is 0 Å². The second kappa shape index (κ2) is 4.81. The summed E-state index contributed by atoms with van der Waals surface area (Å²) in [5.74, 6) is -0.346. The summed E-state index contributed by atoms with van der Waals surface area (Å²) in [6.45, 7) is 1.68. The van der Waals surface area contributed by atoms with Crippen LogP contribution in [0.4, 0.5) is 11.4 Å². The molecule has 0 aliphatic carbocycles. The quantitative estimate of drug-likeness (QED) is 0.498. The van der Waals surface area contributed by atoms with Crippen molar-refractivity contribution in [2.24, 2.45) is 0 Å². The number of phenols is 1. The maximum atomic E-state index is 10.9. The lowest BCUT2D eigenvalue weighted by molar-refractivity contribution is -0.386. The molecule has 2 aromatic rings. The zero-order chi connectivity index (χ0) is 14.0. The Kier molecular flexibility index (Phi) is 3.19. The Bertz CT molecular complexity index is 643. The minimum Gasteiger partial charge on any atom is -0.504 e. The van der Waals surface area contributed by atoms with Gasteiger partial charge in [-0.1, -0.05) is 0 Å². The lowest BCUT2D eigenvalue weighted by Crippen LogP contribution is -1.97. The third-order valence-electron chi connectivity index (χ3n) is 2.36. The number of nitro groups is 1. The minimum absolute atomic E-state index is 0.0497. The van der Waals surface area contributed by atoms with E-state index in [-0.39, 0.29) is 23.1 Å². The van der Waals surface area contributed by atoms with Crippen molar-refractivity contribution in [1.82, 2.24) is 4.98 Å². The Morgan fingerprint density at radius 1 is 1.42 bits per heavy atom. The topological polar surface area (TPSA) is 112 Å². The second-order valence-corrected chi connectivity index (χ2v) is 3.92. The van der Waals surface area contributed by atoms with E-state index in [2.05, 4.69) is 4.98 Å². The van der Waals surface area contributed by atoms with Crippen molar-refractivity contribution in [1.29, 1.82) is 0 Å². The number of ether oxygens (including phenoxy) is 1. The molecular weight excluding hydrogens is 250 g/mol. The molecule has 2 rings (SSSR count). The van der Waals surface area contributed by atoms with Gasteiger partial charge in [-0.3, -0.25) is 10.1 Å². The third-order valence-corrected chi connectivity index (χ3v) is 2.36. The third kappa shape index (κ3) is 2.71. The van der Waals surface area contributed by atoms with E-state index in [0.29, 0.717) is 11.3 Å². The highest BCUT2D eigenvalue weighted by atomic mass is 16.6. The molecule has 0 unspecified atom stereocenters. The maximum Gasteiger partial charge on any atom is 0.331 e. The van der Waals surface area contributed by atoms with Gasteiger partial charge in [0.05, 0.1) is 4.92 Å². The monoisotopic (exact) mass is 261 g/mol. The molecule has 0 aliphatic rings. The summed E-state index contributed by atoms with van der Waals surface area (Å²) in [7, 11) is 0. The van der Waals surface area contributed by atoms with Gasteiger partial charge >= 0.3 is 5.69 Å². The Morgan fingerprint density at radius 3 is 2.79 bits per heavy atom. The summed E-state index contributed by atoms with van der Waals surface area (Å²) in [5.41, 5.74) is 6.21. The van der Waals surface area contributed by atoms with Crippen molar-refractivity contribution < 1.29 is 14.8 Å². The van der Waals surface area contributed by atoms with E-state index in [1.807, 2.05) is 0 Å². The van der Waals surface area contributed by atoms with Crippen LogP contribution in [0, 0.1) is 17.0 Å². The van der Waals surface area contributed by atoms with Crippen LogP contribution < -0.4 is 10.5 Å². The van der Waals surface area contributed by atoms with Crippen molar-refractivity contribution in [3.63, 3.8) is 0 Å². The highest BCUT2D eigenvalue weighted by Gasteiger charge is 2.19. The van der Waals surface area contributed by atoms with Crippen LogP contribution in [0.1, 0.15) is 5.56 Å². The molecular formula is C12H11N3O4. The van der Waals surface area contributed by atoms with E-state index in [4.69, 9.17) is 10.5 Å². The number of pyridine rings is 1. The van der Waals surface area contributed by atoms with Crippen LogP contribution in [0.2, 0.25) is 0 Å². The summed E-state index contributed by atoms with van der Waals surface area (Å²) in [6.07, 6.45) is 1.44. The number of hydrogen-bond donors (Lipinski definition) is 2. The van der Waals surface area contributed by atoms with Gasteiger partial charge in [0.1, 0.15) is 0 Å². The van der Waals surface area contributed by atoms with Crippen molar-refractivity contribution in [2.75, 3.05) is 5.73 Å². The molecule has 0 saturated heterocycles. The van der Waals surface area contributed by atoms with Crippen molar-refractivity contribution in [3.05, 3.63) is 46.1 Å². The summed E-state index contributed by atoms with van der Waals surface area (Å²) < 4.78 is 5.25. The summed E-state index contributed by atoms with van der Waals surface area (Å²) in [6, 6.07) is 5.55. The van der Waals surface area contributed by atoms with Gasteiger partial charge in [-0.15, -0.1) is 0 Å². The summed E-state index contributed by atoms with van der Waals surface area (Å²) >= 11 is 0. The number of anilines is 1. The lowest BCUT2D eigenvalue weighted by atomic mass is 10.2. The highest BCUT2D eigenvalue weighted by molar-refractivity contribution is 5.53. The maximum absolute atomic E-state index is 10.9. The van der Waals surface area contributed by atoms with E-state index in [0.717, 1.165) is 0 Å². The number of nitrogens with zero attached hydrogens (tertiary/aromatic N) is 2. The average molecular weight is 261 g/mol. The average Bonchev–Trinajstić information content (AvgIpc) is 2.34. The first-order valence-electron chi connectivity index (χ1n) is 5.35. The number of aromatic nitrogens is 1. The first-order chi connectivity index (χ1) is 8.97. The molecule has 7 nitrogen and oxygen atoms in total. The molecule has 0 saturated carbocycles. The Labute approximate surface area is 108 Å². The van der Waals surface area contributed by atoms with Gasteiger partial charge in [0.15, 0.2) is 11.5 Å². The van der Waals surface area contributed by atoms with Gasteiger partial charge in [-0.05, 0) is 24.6 Å². The molecule has 1 aromatic carbocycles. The minimum atomic E-state index is -0.594. The standard InChI is InChI=1S/C12H11N3O4/c1-7-4-9(15(17)18)12(14-6-7)19-11-3-2-8(13)5-10(11)16/h2-6,16H,13H2,1H3. The van der Waals surface area contributed by atoms with E-state index in [9.17, 15) is 15.2 Å². The normalized spacial score (nSPS) is 10.2. The largest absolute Gasteiger partial charge is 0.504 e. The molecule has 0 radical (unpaired) electrons. The number of aromatic hydroxyl groups is 1. The number of phenolic OH excluding ortho intramolecular Hbond substituents is 1. The van der Waals surface area contributed by atoms with Gasteiger partial charge in [0.2, 0.25) is 0 Å². The molecule has 7 heteroatoms. The Balaban J connectivity index is 2.40. The number of aryl methyl sites for hydroxylation is 1. The molecule has 0 spiro atoms. The van der Waals surface area contributed by atoms with Crippen molar-refractivity contribution in [2.45, 2.75) is 6.92 Å². The van der Waals surface area contributed by atoms with Crippen LogP contribution in [0.5, 0.6) is 17.4 Å². The zero-order valence-electron chi connectivity index (χ0n) is 10.0. The summed E-state index contributed by atoms with van der Waals surface area (Å²) in [4.78, 5) is 14.2. The molecule has 0 atom stereocenters. The molecule has 0 amide bonds. The molecule has 0 aliphatic heterocycles. The Morgan fingerprint density at radius 2 is 2.16 bits per heavy atom. The lowest BCUT2D eigenvalue weighted by Gasteiger charge is -2.07. The van der Waals surface area contributed by atoms with E-state index in [1.165, 1.54) is 30.5 Å². The van der Waals surface area contributed by atoms with Gasteiger partial charge < -0.3 is 15.6 Å². The number of hydrogen-bond acceptors (Lipinski definition) is 6. The molecule has 98 valence electrons. The number of nitrogens with two attached hydrogens (primary N) is 1. The number of benzene rings is 1. The molecule has 0 bridgehead atoms. The fraction of sp³-hybridized carbons (Fsp3) is 0.0833. The highest BCUT2D eigenvalue weighted by Crippen LogP contribution is 2.35. The molecule has 19 heavy (non-hydrogen) atoms. The van der Waals surface area contributed by atoms with E-state index >= 15 is 0 Å². The zero-order valence-corrected chi connectivity index (χ0v) is 10.0. The SMILES string of the molecule is Cc1cnc(Oc2ccc(N)cc2O)c([N+](=O)[O-])c1. The summed E-state index contributed by atoms with van der Waals surface area (Å²) in [5, 5.41) is 20.5. The molecule has 1 heterocycles. The predicted octanol–water partition coefficient (Wildman–Crippen LogP) is 2.38. The van der Waals surface area contributed by atoms with Crippen LogP contribution in [0.15, 0.2) is 30.5 Å². The number of nitrogen functional groups attached to an aromatic ring is 1. The smallest absolute Gasteiger partial charge is 0.331 e. The van der Waals surface area contributed by atoms with E-state index < -0.39 is 4.92 Å². The van der Waals surface area contributed by atoms with Crippen LogP contribution >= 0.6 is 0 Å². The van der Waals surface area contributed by atoms with Crippen molar-refractivity contribution in [3.8, 4) is 17.4 Å². The first kappa shape index (κ1) is 12.6. The van der Waals surface area contributed by atoms with Crippen molar-refractivity contribution >= 4 is 11.4 Å². The van der Waals surface area contributed by atoms with Gasteiger partial charge in [-0.2, -0.15) is 0 Å².